The molecule has 1 fully saturated rings. The molecule has 232 valence electrons. The normalized spacial score (nSPS) is 13.8. The molecule has 0 atom stereocenters. The molecule has 1 rings (SSSR count). The highest BCUT2D eigenvalue weighted by Crippen LogP contribution is 2.13. The maximum atomic E-state index is 13.0. The Morgan fingerprint density at radius 1 is 0.462 bits per heavy atom. The van der Waals surface area contributed by atoms with Crippen LogP contribution in [0.5, 0.6) is 0 Å². The number of carbonyl (C=O) groups is 1. The Hall–Kier alpha value is -0.610. The molecule has 39 heavy (non-hydrogen) atoms. The zero-order valence-corrected chi connectivity index (χ0v) is 27.2. The fourth-order valence-corrected chi connectivity index (χ4v) is 6.02. The molecule has 0 spiro atoms. The lowest BCUT2D eigenvalue weighted by molar-refractivity contribution is -0.131. The summed E-state index contributed by atoms with van der Waals surface area (Å²) in [7, 11) is 0. The largest absolute Gasteiger partial charge is 0.342 e. The summed E-state index contributed by atoms with van der Waals surface area (Å²) in [6.45, 7) is 15.3. The molecule has 0 aromatic carbocycles. The number of unbranched alkanes of at least 4 members (excludes halogenated alkanes) is 18. The highest BCUT2D eigenvalue weighted by atomic mass is 16.2. The van der Waals surface area contributed by atoms with Gasteiger partial charge in [-0.25, -0.2) is 0 Å². The molecule has 0 aromatic rings. The maximum absolute atomic E-state index is 13.0. The lowest BCUT2D eigenvalue weighted by Gasteiger charge is -2.29. The summed E-state index contributed by atoms with van der Waals surface area (Å²) >= 11 is 0. The Kier molecular flexibility index (Phi) is 25.7. The van der Waals surface area contributed by atoms with Crippen LogP contribution in [0.4, 0.5) is 0 Å². The fraction of sp³-hybridized carbons (Fsp3) is 0.971. The molecule has 4 nitrogen and oxygen atoms in total. The molecule has 1 heterocycles. The van der Waals surface area contributed by atoms with Crippen molar-refractivity contribution in [2.45, 2.75) is 168 Å². The van der Waals surface area contributed by atoms with Crippen LogP contribution in [0.3, 0.4) is 0 Å². The SMILES string of the molecule is CCCCCCCCCN(CCCCCCCCC)CCN(CCCCCCCCC)CC(=O)N1CCCC1. The van der Waals surface area contributed by atoms with E-state index in [0.717, 1.165) is 32.7 Å². The van der Waals surface area contributed by atoms with Crippen LogP contribution in [0.1, 0.15) is 168 Å². The van der Waals surface area contributed by atoms with Crippen molar-refractivity contribution in [2.75, 3.05) is 52.4 Å². The standard InChI is InChI=1S/C35H71N3O/c1-4-7-10-13-16-19-22-27-36(28-23-20-17-14-11-8-5-2)32-33-37(29-24-21-18-15-12-9-6-3)34-35(39)38-30-25-26-31-38/h4-34H2,1-3H3. The molecule has 0 radical (unpaired) electrons. The molecule has 4 heteroatoms. The summed E-state index contributed by atoms with van der Waals surface area (Å²) in [5.41, 5.74) is 0. The van der Waals surface area contributed by atoms with Crippen molar-refractivity contribution in [1.29, 1.82) is 0 Å². The molecule has 0 unspecified atom stereocenters. The van der Waals surface area contributed by atoms with Gasteiger partial charge in [-0.1, -0.05) is 136 Å². The molecule has 0 saturated carbocycles. The monoisotopic (exact) mass is 550 g/mol. The van der Waals surface area contributed by atoms with E-state index in [-0.39, 0.29) is 0 Å². The quantitative estimate of drug-likeness (QED) is 0.0869. The Balaban J connectivity index is 2.50. The van der Waals surface area contributed by atoms with E-state index >= 15 is 0 Å². The predicted octanol–water partition coefficient (Wildman–Crippen LogP) is 9.46. The summed E-state index contributed by atoms with van der Waals surface area (Å²) in [6.07, 6.45) is 31.1. The molecule has 1 saturated heterocycles. The minimum absolute atomic E-state index is 0.376. The molecule has 0 aromatic heterocycles. The van der Waals surface area contributed by atoms with Gasteiger partial charge in [-0.15, -0.1) is 0 Å². The zero-order chi connectivity index (χ0) is 28.2. The van der Waals surface area contributed by atoms with Crippen molar-refractivity contribution < 1.29 is 4.79 Å². The average Bonchev–Trinajstić information content (AvgIpc) is 3.49. The van der Waals surface area contributed by atoms with Crippen LogP contribution < -0.4 is 0 Å². The van der Waals surface area contributed by atoms with Crippen molar-refractivity contribution in [2.24, 2.45) is 0 Å². The number of carbonyl (C=O) groups excluding carboxylic acids is 1. The molecule has 1 aliphatic heterocycles. The zero-order valence-electron chi connectivity index (χ0n) is 27.2. The van der Waals surface area contributed by atoms with Gasteiger partial charge in [-0.2, -0.15) is 0 Å². The Bertz CT molecular complexity index is 502. The van der Waals surface area contributed by atoms with Gasteiger partial charge in [0.25, 0.3) is 0 Å². The molecular weight excluding hydrogens is 478 g/mol. The van der Waals surface area contributed by atoms with E-state index in [4.69, 9.17) is 0 Å². The third-order valence-electron chi connectivity index (χ3n) is 8.78. The summed E-state index contributed by atoms with van der Waals surface area (Å²) in [5, 5.41) is 0. The van der Waals surface area contributed by atoms with E-state index in [1.807, 2.05) is 0 Å². The first-order valence-electron chi connectivity index (χ1n) is 17.9. The van der Waals surface area contributed by atoms with Gasteiger partial charge in [0, 0.05) is 26.2 Å². The fourth-order valence-electron chi connectivity index (χ4n) is 6.02. The van der Waals surface area contributed by atoms with Gasteiger partial charge in [0.1, 0.15) is 0 Å². The second kappa shape index (κ2) is 27.6. The van der Waals surface area contributed by atoms with E-state index in [9.17, 15) is 4.79 Å². The summed E-state index contributed by atoms with van der Waals surface area (Å²) < 4.78 is 0. The van der Waals surface area contributed by atoms with Gasteiger partial charge in [-0.05, 0) is 51.7 Å². The highest BCUT2D eigenvalue weighted by molar-refractivity contribution is 5.78. The van der Waals surface area contributed by atoms with Gasteiger partial charge in [0.05, 0.1) is 6.54 Å². The second-order valence-corrected chi connectivity index (χ2v) is 12.6. The van der Waals surface area contributed by atoms with Crippen LogP contribution in [0.2, 0.25) is 0 Å². The van der Waals surface area contributed by atoms with E-state index in [1.165, 1.54) is 161 Å². The van der Waals surface area contributed by atoms with Crippen molar-refractivity contribution in [1.82, 2.24) is 14.7 Å². The lowest BCUT2D eigenvalue weighted by Crippen LogP contribution is -2.43. The number of nitrogens with zero attached hydrogens (tertiary/aromatic N) is 3. The third kappa shape index (κ3) is 21.8. The Morgan fingerprint density at radius 2 is 0.795 bits per heavy atom. The van der Waals surface area contributed by atoms with Crippen LogP contribution in [0, 0.1) is 0 Å². The topological polar surface area (TPSA) is 26.8 Å². The van der Waals surface area contributed by atoms with E-state index in [0.29, 0.717) is 12.5 Å². The first-order valence-corrected chi connectivity index (χ1v) is 17.9. The number of hydrogen-bond donors (Lipinski definition) is 0. The van der Waals surface area contributed by atoms with Crippen molar-refractivity contribution in [3.05, 3.63) is 0 Å². The lowest BCUT2D eigenvalue weighted by atomic mass is 10.1. The number of likely N-dealkylation sites (tertiary alicyclic amines) is 1. The predicted molar refractivity (Wildman–Crippen MR) is 173 cm³/mol. The molecular formula is C35H71N3O. The Labute approximate surface area is 246 Å². The highest BCUT2D eigenvalue weighted by Gasteiger charge is 2.20. The van der Waals surface area contributed by atoms with Crippen LogP contribution in [-0.2, 0) is 4.79 Å². The van der Waals surface area contributed by atoms with Gasteiger partial charge in [0.15, 0.2) is 0 Å². The molecule has 1 aliphatic rings. The summed E-state index contributed by atoms with van der Waals surface area (Å²) in [4.78, 5) is 20.4. The smallest absolute Gasteiger partial charge is 0.236 e. The van der Waals surface area contributed by atoms with Crippen molar-refractivity contribution in [3.8, 4) is 0 Å². The number of hydrogen-bond acceptors (Lipinski definition) is 3. The van der Waals surface area contributed by atoms with E-state index in [2.05, 4.69) is 35.5 Å². The van der Waals surface area contributed by atoms with Crippen LogP contribution in [0.15, 0.2) is 0 Å². The maximum Gasteiger partial charge on any atom is 0.236 e. The van der Waals surface area contributed by atoms with Crippen molar-refractivity contribution in [3.63, 3.8) is 0 Å². The van der Waals surface area contributed by atoms with Crippen molar-refractivity contribution >= 4 is 5.91 Å². The number of rotatable bonds is 29. The van der Waals surface area contributed by atoms with E-state index in [1.54, 1.807) is 0 Å². The molecule has 0 aliphatic carbocycles. The summed E-state index contributed by atoms with van der Waals surface area (Å²) in [6, 6.07) is 0. The van der Waals surface area contributed by atoms with Gasteiger partial charge in [-0.3, -0.25) is 9.69 Å². The minimum atomic E-state index is 0.376. The van der Waals surface area contributed by atoms with Gasteiger partial charge in [0.2, 0.25) is 5.91 Å². The minimum Gasteiger partial charge on any atom is -0.342 e. The first kappa shape index (κ1) is 36.4. The summed E-state index contributed by atoms with van der Waals surface area (Å²) in [5.74, 6) is 0.376. The first-order chi connectivity index (χ1) is 19.2. The second-order valence-electron chi connectivity index (χ2n) is 12.6. The molecule has 1 amide bonds. The molecule has 0 bridgehead atoms. The number of amides is 1. The molecule has 0 N–H and O–H groups in total. The van der Waals surface area contributed by atoms with Crippen LogP contribution >= 0.6 is 0 Å². The Morgan fingerprint density at radius 3 is 1.21 bits per heavy atom. The van der Waals surface area contributed by atoms with Gasteiger partial charge < -0.3 is 9.80 Å². The van der Waals surface area contributed by atoms with Crippen LogP contribution in [-0.4, -0.2) is 73.0 Å². The third-order valence-corrected chi connectivity index (χ3v) is 8.78. The van der Waals surface area contributed by atoms with E-state index < -0.39 is 0 Å². The van der Waals surface area contributed by atoms with Gasteiger partial charge >= 0.3 is 0 Å². The van der Waals surface area contributed by atoms with Crippen LogP contribution in [0.25, 0.3) is 0 Å². The average molecular weight is 550 g/mol.